The van der Waals surface area contributed by atoms with Gasteiger partial charge in [-0.05, 0) is 32.7 Å². The van der Waals surface area contributed by atoms with Crippen LogP contribution >= 0.6 is 0 Å². The zero-order chi connectivity index (χ0) is 14.3. The second kappa shape index (κ2) is 13.8. The van der Waals surface area contributed by atoms with Crippen LogP contribution < -0.4 is 5.32 Å². The molecule has 0 bridgehead atoms. The Morgan fingerprint density at radius 3 is 2.26 bits per heavy atom. The van der Waals surface area contributed by atoms with Gasteiger partial charge in [-0.3, -0.25) is 4.79 Å². The van der Waals surface area contributed by atoms with E-state index in [1.807, 2.05) is 6.92 Å². The second-order valence-electron chi connectivity index (χ2n) is 4.27. The number of esters is 1. The Labute approximate surface area is 117 Å². The van der Waals surface area contributed by atoms with E-state index in [4.69, 9.17) is 14.2 Å². The molecule has 0 heterocycles. The average molecular weight is 275 g/mol. The summed E-state index contributed by atoms with van der Waals surface area (Å²) < 4.78 is 15.8. The van der Waals surface area contributed by atoms with Gasteiger partial charge in [0.15, 0.2) is 0 Å². The summed E-state index contributed by atoms with van der Waals surface area (Å²) in [7, 11) is 0. The molecule has 1 atom stereocenters. The highest BCUT2D eigenvalue weighted by molar-refractivity contribution is 5.75. The smallest absolute Gasteiger partial charge is 0.323 e. The molecule has 5 nitrogen and oxygen atoms in total. The van der Waals surface area contributed by atoms with Crippen LogP contribution in [-0.4, -0.2) is 51.6 Å². The first kappa shape index (κ1) is 18.4. The minimum absolute atomic E-state index is 0.193. The topological polar surface area (TPSA) is 56.8 Å². The van der Waals surface area contributed by atoms with Crippen molar-refractivity contribution < 1.29 is 19.0 Å². The van der Waals surface area contributed by atoms with Crippen molar-refractivity contribution in [3.8, 4) is 0 Å². The van der Waals surface area contributed by atoms with Crippen molar-refractivity contribution >= 4 is 5.97 Å². The Bertz CT molecular complexity index is 212. The minimum atomic E-state index is -0.267. The monoisotopic (exact) mass is 275 g/mol. The molecule has 5 heteroatoms. The summed E-state index contributed by atoms with van der Waals surface area (Å²) in [6.07, 6.45) is 2.64. The van der Waals surface area contributed by atoms with Crippen LogP contribution in [0, 0.1) is 0 Å². The van der Waals surface area contributed by atoms with Gasteiger partial charge in [0.05, 0.1) is 19.8 Å². The summed E-state index contributed by atoms with van der Waals surface area (Å²) in [6, 6.07) is -0.267. The Kier molecular flexibility index (Phi) is 13.3. The fourth-order valence-electron chi connectivity index (χ4n) is 1.53. The molecule has 1 unspecified atom stereocenters. The molecule has 19 heavy (non-hydrogen) atoms. The van der Waals surface area contributed by atoms with Crippen molar-refractivity contribution in [1.82, 2.24) is 5.32 Å². The fraction of sp³-hybridized carbons (Fsp3) is 0.929. The molecule has 0 rings (SSSR count). The predicted molar refractivity (Wildman–Crippen MR) is 75.3 cm³/mol. The van der Waals surface area contributed by atoms with Crippen molar-refractivity contribution in [2.24, 2.45) is 0 Å². The van der Waals surface area contributed by atoms with Crippen LogP contribution in [0.5, 0.6) is 0 Å². The first-order valence-electron chi connectivity index (χ1n) is 7.31. The van der Waals surface area contributed by atoms with E-state index >= 15 is 0 Å². The molecule has 1 N–H and O–H groups in total. The molecule has 0 radical (unpaired) electrons. The average Bonchev–Trinajstić information content (AvgIpc) is 2.41. The van der Waals surface area contributed by atoms with Gasteiger partial charge in [-0.25, -0.2) is 0 Å². The van der Waals surface area contributed by atoms with Crippen molar-refractivity contribution in [3.63, 3.8) is 0 Å². The molecule has 0 aromatic carbocycles. The van der Waals surface area contributed by atoms with Crippen LogP contribution in [0.15, 0.2) is 0 Å². The van der Waals surface area contributed by atoms with Gasteiger partial charge in [0.25, 0.3) is 0 Å². The van der Waals surface area contributed by atoms with Gasteiger partial charge in [0.1, 0.15) is 6.04 Å². The second-order valence-corrected chi connectivity index (χ2v) is 4.27. The molecule has 114 valence electrons. The molecule has 0 aromatic rings. The molecule has 0 spiro atoms. The van der Waals surface area contributed by atoms with Crippen molar-refractivity contribution in [1.29, 1.82) is 0 Å². The lowest BCUT2D eigenvalue weighted by Crippen LogP contribution is -2.39. The molecular weight excluding hydrogens is 246 g/mol. The Morgan fingerprint density at radius 2 is 1.68 bits per heavy atom. The van der Waals surface area contributed by atoms with E-state index in [1.54, 1.807) is 0 Å². The van der Waals surface area contributed by atoms with Crippen molar-refractivity contribution in [2.45, 2.75) is 46.1 Å². The Hall–Kier alpha value is -0.650. The number of ether oxygens (including phenoxy) is 3. The standard InChI is InChI=1S/C14H29NO4/c1-4-8-15-13(14(16)19-6-3)7-10-18-12-11-17-9-5-2/h13,15H,4-12H2,1-3H3. The zero-order valence-electron chi connectivity index (χ0n) is 12.6. The maximum Gasteiger partial charge on any atom is 0.323 e. The zero-order valence-corrected chi connectivity index (χ0v) is 12.6. The molecule has 0 aliphatic rings. The maximum absolute atomic E-state index is 11.7. The molecular formula is C14H29NO4. The third-order valence-corrected chi connectivity index (χ3v) is 2.48. The predicted octanol–water partition coefficient (Wildman–Crippen LogP) is 1.75. The number of carbonyl (C=O) groups is 1. The quantitative estimate of drug-likeness (QED) is 0.410. The van der Waals surface area contributed by atoms with Crippen LogP contribution in [0.3, 0.4) is 0 Å². The lowest BCUT2D eigenvalue weighted by Gasteiger charge is -2.16. The summed E-state index contributed by atoms with van der Waals surface area (Å²) in [5, 5.41) is 3.18. The molecule has 0 fully saturated rings. The third kappa shape index (κ3) is 10.9. The number of hydrogen-bond donors (Lipinski definition) is 1. The van der Waals surface area contributed by atoms with E-state index in [1.165, 1.54) is 0 Å². The summed E-state index contributed by atoms with van der Waals surface area (Å²) in [5.74, 6) is -0.193. The SMILES string of the molecule is CCCNC(CCOCCOCCC)C(=O)OCC. The highest BCUT2D eigenvalue weighted by atomic mass is 16.5. The number of hydrogen-bond acceptors (Lipinski definition) is 5. The van der Waals surface area contributed by atoms with Gasteiger partial charge in [-0.2, -0.15) is 0 Å². The summed E-state index contributed by atoms with van der Waals surface area (Å²) in [4.78, 5) is 11.7. The summed E-state index contributed by atoms with van der Waals surface area (Å²) >= 11 is 0. The van der Waals surface area contributed by atoms with E-state index in [0.717, 1.165) is 26.0 Å². The van der Waals surface area contributed by atoms with Gasteiger partial charge in [-0.1, -0.05) is 13.8 Å². The third-order valence-electron chi connectivity index (χ3n) is 2.48. The Balaban J connectivity index is 3.70. The highest BCUT2D eigenvalue weighted by Gasteiger charge is 2.18. The molecule has 0 aromatic heterocycles. The largest absolute Gasteiger partial charge is 0.465 e. The van der Waals surface area contributed by atoms with Crippen LogP contribution in [0.1, 0.15) is 40.0 Å². The van der Waals surface area contributed by atoms with E-state index in [-0.39, 0.29) is 12.0 Å². The van der Waals surface area contributed by atoms with Crippen molar-refractivity contribution in [2.75, 3.05) is 39.6 Å². The molecule has 0 saturated carbocycles. The summed E-state index contributed by atoms with van der Waals surface area (Å²) in [6.45, 7) is 9.67. The molecule has 0 amide bonds. The first-order valence-corrected chi connectivity index (χ1v) is 7.31. The number of carbonyl (C=O) groups excluding carboxylic acids is 1. The number of nitrogens with one attached hydrogen (secondary N) is 1. The van der Waals surface area contributed by atoms with Crippen molar-refractivity contribution in [3.05, 3.63) is 0 Å². The normalized spacial score (nSPS) is 12.4. The minimum Gasteiger partial charge on any atom is -0.465 e. The van der Waals surface area contributed by atoms with E-state index < -0.39 is 0 Å². The molecule has 0 aliphatic carbocycles. The molecule has 0 saturated heterocycles. The molecule has 0 aliphatic heterocycles. The van der Waals surface area contributed by atoms with Gasteiger partial charge in [0.2, 0.25) is 0 Å². The highest BCUT2D eigenvalue weighted by Crippen LogP contribution is 1.98. The lowest BCUT2D eigenvalue weighted by molar-refractivity contribution is -0.146. The number of rotatable bonds is 13. The van der Waals surface area contributed by atoms with Gasteiger partial charge >= 0.3 is 5.97 Å². The van der Waals surface area contributed by atoms with Crippen LogP contribution in [0.4, 0.5) is 0 Å². The van der Waals surface area contributed by atoms with Gasteiger partial charge in [-0.15, -0.1) is 0 Å². The van der Waals surface area contributed by atoms with Crippen LogP contribution in [0.2, 0.25) is 0 Å². The first-order chi connectivity index (χ1) is 9.26. The fourth-order valence-corrected chi connectivity index (χ4v) is 1.53. The van der Waals surface area contributed by atoms with Gasteiger partial charge < -0.3 is 19.5 Å². The summed E-state index contributed by atoms with van der Waals surface area (Å²) in [5.41, 5.74) is 0. The van der Waals surface area contributed by atoms with E-state index in [2.05, 4.69) is 19.2 Å². The van der Waals surface area contributed by atoms with E-state index in [9.17, 15) is 4.79 Å². The Morgan fingerprint density at radius 1 is 1.00 bits per heavy atom. The van der Waals surface area contributed by atoms with Crippen LogP contribution in [0.25, 0.3) is 0 Å². The lowest BCUT2D eigenvalue weighted by atomic mass is 10.2. The van der Waals surface area contributed by atoms with Crippen LogP contribution in [-0.2, 0) is 19.0 Å². The van der Waals surface area contributed by atoms with E-state index in [0.29, 0.717) is 32.8 Å². The maximum atomic E-state index is 11.7. The van der Waals surface area contributed by atoms with Gasteiger partial charge in [0, 0.05) is 13.2 Å².